The van der Waals surface area contributed by atoms with E-state index < -0.39 is 0 Å². The number of carbonyl (C=O) groups is 1. The molecule has 3 nitrogen and oxygen atoms in total. The first kappa shape index (κ1) is 11.3. The number of pyridine rings is 1. The Morgan fingerprint density at radius 3 is 2.53 bits per heavy atom. The summed E-state index contributed by atoms with van der Waals surface area (Å²) in [5, 5.41) is 0. The number of rotatable bonds is 5. The first-order valence-electron chi connectivity index (χ1n) is 5.42. The summed E-state index contributed by atoms with van der Waals surface area (Å²) in [6, 6.07) is 13.8. The highest BCUT2D eigenvalue weighted by atomic mass is 16.5. The Balaban J connectivity index is 2.29. The molecule has 0 radical (unpaired) electrons. The van der Waals surface area contributed by atoms with E-state index in [1.165, 1.54) is 0 Å². The molecular formula is C14H13NO2. The second-order valence-electron chi connectivity index (χ2n) is 3.68. The Kier molecular flexibility index (Phi) is 3.86. The monoisotopic (exact) mass is 227 g/mol. The van der Waals surface area contributed by atoms with Crippen molar-refractivity contribution in [2.45, 2.75) is 5.92 Å². The number of hydrogen-bond donors (Lipinski definition) is 0. The quantitative estimate of drug-likeness (QED) is 0.736. The van der Waals surface area contributed by atoms with Crippen LogP contribution < -0.4 is 0 Å². The summed E-state index contributed by atoms with van der Waals surface area (Å²) >= 11 is 0. The Morgan fingerprint density at radius 2 is 1.88 bits per heavy atom. The van der Waals surface area contributed by atoms with E-state index in [0.29, 0.717) is 13.1 Å². The van der Waals surface area contributed by atoms with E-state index in [1.54, 1.807) is 12.4 Å². The SMILES string of the molecule is O=COCC(c1ccccc1)c1cccnc1. The van der Waals surface area contributed by atoms with Gasteiger partial charge in [0.05, 0.1) is 0 Å². The molecule has 0 fully saturated rings. The molecular weight excluding hydrogens is 214 g/mol. The minimum atomic E-state index is 0.0371. The standard InChI is InChI=1S/C14H13NO2/c16-11-17-10-14(12-5-2-1-3-6-12)13-7-4-8-15-9-13/h1-9,11,14H,10H2. The van der Waals surface area contributed by atoms with Gasteiger partial charge in [-0.15, -0.1) is 0 Å². The molecule has 0 aliphatic rings. The lowest BCUT2D eigenvalue weighted by Crippen LogP contribution is -2.09. The van der Waals surface area contributed by atoms with Gasteiger partial charge < -0.3 is 4.74 Å². The maximum absolute atomic E-state index is 10.3. The lowest BCUT2D eigenvalue weighted by molar-refractivity contribution is -0.128. The van der Waals surface area contributed by atoms with E-state index in [-0.39, 0.29) is 5.92 Å². The summed E-state index contributed by atoms with van der Waals surface area (Å²) in [6.45, 7) is 0.811. The molecule has 0 spiro atoms. The van der Waals surface area contributed by atoms with Gasteiger partial charge in [-0.05, 0) is 17.2 Å². The van der Waals surface area contributed by atoms with E-state index in [2.05, 4.69) is 4.98 Å². The molecule has 3 heteroatoms. The number of ether oxygens (including phenoxy) is 1. The zero-order chi connectivity index (χ0) is 11.9. The highest BCUT2D eigenvalue weighted by Gasteiger charge is 2.14. The van der Waals surface area contributed by atoms with Crippen molar-refractivity contribution in [1.82, 2.24) is 4.98 Å². The number of hydrogen-bond acceptors (Lipinski definition) is 3. The van der Waals surface area contributed by atoms with E-state index in [4.69, 9.17) is 4.74 Å². The van der Waals surface area contributed by atoms with E-state index in [0.717, 1.165) is 11.1 Å². The van der Waals surface area contributed by atoms with Gasteiger partial charge in [0.15, 0.2) is 0 Å². The topological polar surface area (TPSA) is 39.2 Å². The van der Waals surface area contributed by atoms with Crippen LogP contribution in [0.1, 0.15) is 17.0 Å². The summed E-state index contributed by atoms with van der Waals surface area (Å²) in [6.07, 6.45) is 3.53. The first-order valence-corrected chi connectivity index (χ1v) is 5.42. The fraction of sp³-hybridized carbons (Fsp3) is 0.143. The molecule has 1 aromatic heterocycles. The molecule has 0 saturated carbocycles. The Morgan fingerprint density at radius 1 is 1.12 bits per heavy atom. The van der Waals surface area contributed by atoms with Gasteiger partial charge >= 0.3 is 0 Å². The fourth-order valence-electron chi connectivity index (χ4n) is 1.79. The van der Waals surface area contributed by atoms with Gasteiger partial charge in [0.1, 0.15) is 6.61 Å². The number of benzene rings is 1. The van der Waals surface area contributed by atoms with Crippen LogP contribution in [0, 0.1) is 0 Å². The van der Waals surface area contributed by atoms with Crippen molar-refractivity contribution in [3.8, 4) is 0 Å². The zero-order valence-corrected chi connectivity index (χ0v) is 9.32. The molecule has 1 unspecified atom stereocenters. The molecule has 0 bridgehead atoms. The van der Waals surface area contributed by atoms with E-state index >= 15 is 0 Å². The van der Waals surface area contributed by atoms with Crippen molar-refractivity contribution in [2.75, 3.05) is 6.61 Å². The van der Waals surface area contributed by atoms with E-state index in [1.807, 2.05) is 42.5 Å². The Bertz CT molecular complexity index is 417. The largest absolute Gasteiger partial charge is 0.467 e. The third kappa shape index (κ3) is 2.91. The zero-order valence-electron chi connectivity index (χ0n) is 9.32. The third-order valence-corrected chi connectivity index (χ3v) is 2.62. The lowest BCUT2D eigenvalue weighted by Gasteiger charge is -2.16. The second kappa shape index (κ2) is 5.80. The summed E-state index contributed by atoms with van der Waals surface area (Å²) in [5.74, 6) is 0.0371. The normalized spacial score (nSPS) is 11.8. The van der Waals surface area contributed by atoms with Crippen LogP contribution >= 0.6 is 0 Å². The number of nitrogens with zero attached hydrogens (tertiary/aromatic N) is 1. The van der Waals surface area contributed by atoms with Crippen LogP contribution in [0.25, 0.3) is 0 Å². The fourth-order valence-corrected chi connectivity index (χ4v) is 1.79. The first-order chi connectivity index (χ1) is 8.42. The van der Waals surface area contributed by atoms with Gasteiger partial charge in [0.2, 0.25) is 0 Å². The van der Waals surface area contributed by atoms with Crippen LogP contribution in [0.3, 0.4) is 0 Å². The van der Waals surface area contributed by atoms with Crippen LogP contribution in [0.15, 0.2) is 54.9 Å². The lowest BCUT2D eigenvalue weighted by atomic mass is 9.93. The molecule has 0 N–H and O–H groups in total. The summed E-state index contributed by atoms with van der Waals surface area (Å²) in [5.41, 5.74) is 2.16. The van der Waals surface area contributed by atoms with Gasteiger partial charge in [-0.2, -0.15) is 0 Å². The molecule has 1 atom stereocenters. The van der Waals surface area contributed by atoms with Crippen molar-refractivity contribution in [3.63, 3.8) is 0 Å². The van der Waals surface area contributed by atoms with Gasteiger partial charge in [0, 0.05) is 18.3 Å². The summed E-state index contributed by atoms with van der Waals surface area (Å²) in [7, 11) is 0. The average molecular weight is 227 g/mol. The second-order valence-corrected chi connectivity index (χ2v) is 3.68. The van der Waals surface area contributed by atoms with Crippen LogP contribution in [0.4, 0.5) is 0 Å². The molecule has 86 valence electrons. The van der Waals surface area contributed by atoms with Crippen molar-refractivity contribution < 1.29 is 9.53 Å². The van der Waals surface area contributed by atoms with Crippen LogP contribution in [-0.2, 0) is 9.53 Å². The number of carbonyl (C=O) groups excluding carboxylic acids is 1. The Hall–Kier alpha value is -2.16. The van der Waals surface area contributed by atoms with Crippen LogP contribution in [-0.4, -0.2) is 18.1 Å². The minimum Gasteiger partial charge on any atom is -0.467 e. The maximum atomic E-state index is 10.3. The highest BCUT2D eigenvalue weighted by Crippen LogP contribution is 2.23. The molecule has 2 rings (SSSR count). The van der Waals surface area contributed by atoms with Crippen LogP contribution in [0.5, 0.6) is 0 Å². The van der Waals surface area contributed by atoms with Gasteiger partial charge in [-0.25, -0.2) is 0 Å². The highest BCUT2D eigenvalue weighted by molar-refractivity contribution is 5.38. The van der Waals surface area contributed by atoms with Gasteiger partial charge in [0.25, 0.3) is 6.47 Å². The summed E-state index contributed by atoms with van der Waals surface area (Å²) in [4.78, 5) is 14.4. The molecule has 1 aromatic carbocycles. The van der Waals surface area contributed by atoms with Crippen molar-refractivity contribution >= 4 is 6.47 Å². The predicted octanol–water partition coefficient (Wildman–Crippen LogP) is 2.39. The smallest absolute Gasteiger partial charge is 0.293 e. The molecule has 2 aromatic rings. The van der Waals surface area contributed by atoms with Gasteiger partial charge in [-0.1, -0.05) is 36.4 Å². The Labute approximate surface area is 100 Å². The van der Waals surface area contributed by atoms with Crippen LogP contribution in [0.2, 0.25) is 0 Å². The van der Waals surface area contributed by atoms with Crippen molar-refractivity contribution in [2.24, 2.45) is 0 Å². The number of aromatic nitrogens is 1. The van der Waals surface area contributed by atoms with Gasteiger partial charge in [-0.3, -0.25) is 9.78 Å². The minimum absolute atomic E-state index is 0.0371. The molecule has 17 heavy (non-hydrogen) atoms. The third-order valence-electron chi connectivity index (χ3n) is 2.62. The maximum Gasteiger partial charge on any atom is 0.293 e. The molecule has 0 saturated heterocycles. The average Bonchev–Trinajstić information content (AvgIpc) is 2.42. The van der Waals surface area contributed by atoms with E-state index in [9.17, 15) is 4.79 Å². The molecule has 0 aliphatic heterocycles. The molecule has 1 heterocycles. The molecule has 0 aliphatic carbocycles. The van der Waals surface area contributed by atoms with Crippen molar-refractivity contribution in [1.29, 1.82) is 0 Å². The van der Waals surface area contributed by atoms with Crippen molar-refractivity contribution in [3.05, 3.63) is 66.0 Å². The predicted molar refractivity (Wildman–Crippen MR) is 64.5 cm³/mol. The molecule has 0 amide bonds. The summed E-state index contributed by atoms with van der Waals surface area (Å²) < 4.78 is 4.90.